The number of nitrogens with one attached hydrogen (secondary N) is 1. The van der Waals surface area contributed by atoms with E-state index in [0.717, 1.165) is 42.8 Å². The first kappa shape index (κ1) is 19.2. The van der Waals surface area contributed by atoms with Crippen LogP contribution in [0.3, 0.4) is 0 Å². The third kappa shape index (κ3) is 4.65. The van der Waals surface area contributed by atoms with Crippen molar-refractivity contribution < 1.29 is 13.9 Å². The van der Waals surface area contributed by atoms with Gasteiger partial charge >= 0.3 is 0 Å². The molecule has 29 heavy (non-hydrogen) atoms. The highest BCUT2D eigenvalue weighted by Gasteiger charge is 2.22. The highest BCUT2D eigenvalue weighted by molar-refractivity contribution is 5.92. The Morgan fingerprint density at radius 3 is 2.66 bits per heavy atom. The molecule has 1 saturated carbocycles. The van der Waals surface area contributed by atoms with E-state index in [1.54, 1.807) is 12.3 Å². The molecule has 0 spiro atoms. The van der Waals surface area contributed by atoms with Crippen LogP contribution in [0.5, 0.6) is 5.75 Å². The minimum atomic E-state index is -0.435. The Morgan fingerprint density at radius 2 is 1.97 bits per heavy atom. The van der Waals surface area contributed by atoms with Crippen molar-refractivity contribution in [1.29, 1.82) is 0 Å². The SMILES string of the molecule is Cc1nccn1-c1ccc(COc2cc(F)cc(NC(=O)C3CCCC3)c2)cc1. The molecule has 1 amide bonds. The van der Waals surface area contributed by atoms with Crippen LogP contribution in [0.1, 0.15) is 37.1 Å². The number of benzene rings is 2. The fourth-order valence-corrected chi connectivity index (χ4v) is 3.72. The number of hydrogen-bond donors (Lipinski definition) is 1. The van der Waals surface area contributed by atoms with Crippen molar-refractivity contribution in [2.24, 2.45) is 5.92 Å². The summed E-state index contributed by atoms with van der Waals surface area (Å²) in [6, 6.07) is 12.2. The van der Waals surface area contributed by atoms with Crippen LogP contribution >= 0.6 is 0 Å². The van der Waals surface area contributed by atoms with Gasteiger partial charge in [-0.15, -0.1) is 0 Å². The zero-order valence-electron chi connectivity index (χ0n) is 16.4. The van der Waals surface area contributed by atoms with E-state index < -0.39 is 5.82 Å². The molecule has 1 heterocycles. The Hall–Kier alpha value is -3.15. The van der Waals surface area contributed by atoms with Crippen LogP contribution in [0, 0.1) is 18.7 Å². The van der Waals surface area contributed by atoms with Gasteiger partial charge < -0.3 is 14.6 Å². The van der Waals surface area contributed by atoms with Gasteiger partial charge in [-0.2, -0.15) is 0 Å². The number of imidazole rings is 1. The first-order valence-corrected chi connectivity index (χ1v) is 9.92. The molecule has 1 fully saturated rings. The van der Waals surface area contributed by atoms with Gasteiger partial charge in [-0.05, 0) is 43.5 Å². The van der Waals surface area contributed by atoms with Crippen LogP contribution in [0.4, 0.5) is 10.1 Å². The lowest BCUT2D eigenvalue weighted by Crippen LogP contribution is -2.20. The molecule has 1 aromatic heterocycles. The van der Waals surface area contributed by atoms with Crippen LogP contribution in [-0.4, -0.2) is 15.5 Å². The summed E-state index contributed by atoms with van der Waals surface area (Å²) in [5.41, 5.74) is 2.42. The second-order valence-electron chi connectivity index (χ2n) is 7.45. The molecule has 0 radical (unpaired) electrons. The van der Waals surface area contributed by atoms with Crippen molar-refractivity contribution in [3.8, 4) is 11.4 Å². The Labute approximate surface area is 169 Å². The standard InChI is InChI=1S/C23H24FN3O2/c1-16-25-10-11-27(16)21-8-6-17(7-9-21)15-29-22-13-19(24)12-20(14-22)26-23(28)18-4-2-3-5-18/h6-14,18H,2-5,15H2,1H3,(H,26,28). The van der Waals surface area contributed by atoms with E-state index in [4.69, 9.17) is 4.74 Å². The number of carbonyl (C=O) groups is 1. The molecule has 0 unspecified atom stereocenters. The molecule has 1 N–H and O–H groups in total. The molecular weight excluding hydrogens is 369 g/mol. The van der Waals surface area contributed by atoms with Gasteiger partial charge in [0.25, 0.3) is 0 Å². The summed E-state index contributed by atoms with van der Waals surface area (Å²) in [6.07, 6.45) is 7.64. The third-order valence-electron chi connectivity index (χ3n) is 5.31. The largest absolute Gasteiger partial charge is 0.489 e. The van der Waals surface area contributed by atoms with E-state index in [0.29, 0.717) is 18.0 Å². The van der Waals surface area contributed by atoms with E-state index in [2.05, 4.69) is 10.3 Å². The van der Waals surface area contributed by atoms with Crippen LogP contribution < -0.4 is 10.1 Å². The molecule has 0 saturated heterocycles. The smallest absolute Gasteiger partial charge is 0.227 e. The number of carbonyl (C=O) groups excluding carboxylic acids is 1. The minimum Gasteiger partial charge on any atom is -0.489 e. The maximum atomic E-state index is 14.0. The van der Waals surface area contributed by atoms with E-state index in [9.17, 15) is 9.18 Å². The molecular formula is C23H24FN3O2. The molecule has 1 aliphatic carbocycles. The Balaban J connectivity index is 1.39. The zero-order valence-corrected chi connectivity index (χ0v) is 16.4. The van der Waals surface area contributed by atoms with Gasteiger partial charge in [-0.1, -0.05) is 25.0 Å². The molecule has 150 valence electrons. The van der Waals surface area contributed by atoms with Gasteiger partial charge in [0, 0.05) is 41.8 Å². The summed E-state index contributed by atoms with van der Waals surface area (Å²) < 4.78 is 21.7. The number of hydrogen-bond acceptors (Lipinski definition) is 3. The van der Waals surface area contributed by atoms with Crippen LogP contribution in [0.15, 0.2) is 54.9 Å². The van der Waals surface area contributed by atoms with Crippen LogP contribution in [-0.2, 0) is 11.4 Å². The predicted molar refractivity (Wildman–Crippen MR) is 110 cm³/mol. The maximum absolute atomic E-state index is 14.0. The van der Waals surface area contributed by atoms with Gasteiger partial charge in [0.2, 0.25) is 5.91 Å². The Bertz CT molecular complexity index is 992. The van der Waals surface area contributed by atoms with Gasteiger partial charge in [-0.3, -0.25) is 4.79 Å². The van der Waals surface area contributed by atoms with E-state index in [1.807, 2.05) is 42.0 Å². The quantitative estimate of drug-likeness (QED) is 0.639. The normalized spacial score (nSPS) is 14.1. The lowest BCUT2D eigenvalue weighted by molar-refractivity contribution is -0.119. The molecule has 5 nitrogen and oxygen atoms in total. The van der Waals surface area contributed by atoms with Crippen molar-refractivity contribution in [3.63, 3.8) is 0 Å². The number of anilines is 1. The highest BCUT2D eigenvalue weighted by atomic mass is 19.1. The Kier molecular flexibility index (Phi) is 5.60. The van der Waals surface area contributed by atoms with Crippen LogP contribution in [0.25, 0.3) is 5.69 Å². The molecule has 3 aromatic rings. The zero-order chi connectivity index (χ0) is 20.2. The average Bonchev–Trinajstić information content (AvgIpc) is 3.38. The molecule has 6 heteroatoms. The first-order valence-electron chi connectivity index (χ1n) is 9.92. The van der Waals surface area contributed by atoms with Crippen molar-refractivity contribution in [2.45, 2.75) is 39.2 Å². The summed E-state index contributed by atoms with van der Waals surface area (Å²) in [5, 5.41) is 2.82. The Morgan fingerprint density at radius 1 is 1.21 bits per heavy atom. The summed E-state index contributed by atoms with van der Waals surface area (Å²) in [4.78, 5) is 16.5. The van der Waals surface area contributed by atoms with Crippen molar-refractivity contribution in [1.82, 2.24) is 9.55 Å². The van der Waals surface area contributed by atoms with E-state index in [1.165, 1.54) is 12.1 Å². The highest BCUT2D eigenvalue weighted by Crippen LogP contribution is 2.27. The summed E-state index contributed by atoms with van der Waals surface area (Å²) in [7, 11) is 0. The van der Waals surface area contributed by atoms with Gasteiger partial charge in [0.15, 0.2) is 0 Å². The minimum absolute atomic E-state index is 0.0280. The number of halogens is 1. The lowest BCUT2D eigenvalue weighted by atomic mass is 10.1. The van der Waals surface area contributed by atoms with Crippen molar-refractivity contribution in [2.75, 3.05) is 5.32 Å². The number of aromatic nitrogens is 2. The number of amides is 1. The second-order valence-corrected chi connectivity index (χ2v) is 7.45. The topological polar surface area (TPSA) is 56.1 Å². The first-order chi connectivity index (χ1) is 14.1. The van der Waals surface area contributed by atoms with Crippen molar-refractivity contribution in [3.05, 3.63) is 72.1 Å². The number of ether oxygens (including phenoxy) is 1. The van der Waals surface area contributed by atoms with Gasteiger partial charge in [0.1, 0.15) is 24.0 Å². The number of nitrogens with zero attached hydrogens (tertiary/aromatic N) is 2. The summed E-state index contributed by atoms with van der Waals surface area (Å²) in [6.45, 7) is 2.26. The molecule has 0 atom stereocenters. The molecule has 0 aliphatic heterocycles. The summed E-state index contributed by atoms with van der Waals surface area (Å²) >= 11 is 0. The van der Waals surface area contributed by atoms with Crippen LogP contribution in [0.2, 0.25) is 0 Å². The fourth-order valence-electron chi connectivity index (χ4n) is 3.72. The van der Waals surface area contributed by atoms with Gasteiger partial charge in [0.05, 0.1) is 0 Å². The van der Waals surface area contributed by atoms with Crippen molar-refractivity contribution >= 4 is 11.6 Å². The molecule has 2 aromatic carbocycles. The monoisotopic (exact) mass is 393 g/mol. The molecule has 1 aliphatic rings. The van der Waals surface area contributed by atoms with Gasteiger partial charge in [-0.25, -0.2) is 9.37 Å². The fraction of sp³-hybridized carbons (Fsp3) is 0.304. The second kappa shape index (κ2) is 8.47. The third-order valence-corrected chi connectivity index (χ3v) is 5.31. The molecule has 4 rings (SSSR count). The lowest BCUT2D eigenvalue weighted by Gasteiger charge is -2.13. The number of rotatable bonds is 6. The maximum Gasteiger partial charge on any atom is 0.227 e. The average molecular weight is 393 g/mol. The molecule has 0 bridgehead atoms. The van der Waals surface area contributed by atoms with E-state index in [-0.39, 0.29) is 11.8 Å². The number of aryl methyl sites for hydroxylation is 1. The predicted octanol–water partition coefficient (Wildman–Crippen LogP) is 5.03. The van der Waals surface area contributed by atoms with E-state index >= 15 is 0 Å². The summed E-state index contributed by atoms with van der Waals surface area (Å²) in [5.74, 6) is 0.863.